The number of rotatable bonds is 5. The standard InChI is InChI=1S/C13H12F3N3O2S/c1-2-11-18-19-12(22-11)17-10(20)7-21-9-5-3-8(4-6-9)13(14,15)16/h3-6H,2,7H2,1H3,(H,17,19,20). The zero-order valence-electron chi connectivity index (χ0n) is 11.5. The minimum atomic E-state index is -4.40. The van der Waals surface area contributed by atoms with Crippen LogP contribution in [0.15, 0.2) is 24.3 Å². The van der Waals surface area contributed by atoms with Crippen molar-refractivity contribution in [1.82, 2.24) is 10.2 Å². The van der Waals surface area contributed by atoms with Crippen molar-refractivity contribution in [2.24, 2.45) is 0 Å². The molecule has 0 aliphatic carbocycles. The van der Waals surface area contributed by atoms with E-state index in [9.17, 15) is 18.0 Å². The van der Waals surface area contributed by atoms with Crippen LogP contribution in [0.3, 0.4) is 0 Å². The number of ether oxygens (including phenoxy) is 1. The van der Waals surface area contributed by atoms with E-state index >= 15 is 0 Å². The Balaban J connectivity index is 1.85. The SMILES string of the molecule is CCc1nnc(NC(=O)COc2ccc(C(F)(F)F)cc2)s1. The summed E-state index contributed by atoms with van der Waals surface area (Å²) >= 11 is 1.25. The van der Waals surface area contributed by atoms with Gasteiger partial charge in [0.25, 0.3) is 5.91 Å². The molecule has 0 radical (unpaired) electrons. The van der Waals surface area contributed by atoms with Crippen molar-refractivity contribution in [3.8, 4) is 5.75 Å². The number of carbonyl (C=O) groups excluding carboxylic acids is 1. The van der Waals surface area contributed by atoms with E-state index < -0.39 is 17.6 Å². The van der Waals surface area contributed by atoms with Crippen LogP contribution in [0.1, 0.15) is 17.5 Å². The van der Waals surface area contributed by atoms with Crippen molar-refractivity contribution in [2.45, 2.75) is 19.5 Å². The Morgan fingerprint density at radius 2 is 1.95 bits per heavy atom. The lowest BCUT2D eigenvalue weighted by atomic mass is 10.2. The van der Waals surface area contributed by atoms with E-state index in [1.807, 2.05) is 6.92 Å². The third-order valence-corrected chi connectivity index (χ3v) is 3.55. The monoisotopic (exact) mass is 331 g/mol. The van der Waals surface area contributed by atoms with Crippen LogP contribution in [0.5, 0.6) is 5.75 Å². The molecule has 1 aromatic carbocycles. The van der Waals surface area contributed by atoms with Crippen LogP contribution in [-0.4, -0.2) is 22.7 Å². The van der Waals surface area contributed by atoms with Gasteiger partial charge in [0.2, 0.25) is 5.13 Å². The number of nitrogens with one attached hydrogen (secondary N) is 1. The van der Waals surface area contributed by atoms with Gasteiger partial charge in [-0.1, -0.05) is 18.3 Å². The predicted molar refractivity (Wildman–Crippen MR) is 74.9 cm³/mol. The van der Waals surface area contributed by atoms with Crippen LogP contribution in [0.4, 0.5) is 18.3 Å². The summed E-state index contributed by atoms with van der Waals surface area (Å²) in [6.45, 7) is 1.59. The Kier molecular flexibility index (Phi) is 4.96. The molecule has 0 saturated carbocycles. The van der Waals surface area contributed by atoms with Gasteiger partial charge in [-0.25, -0.2) is 0 Å². The maximum Gasteiger partial charge on any atom is 0.416 e. The van der Waals surface area contributed by atoms with Gasteiger partial charge in [0.15, 0.2) is 6.61 Å². The molecular formula is C13H12F3N3O2S. The van der Waals surface area contributed by atoms with Crippen LogP contribution < -0.4 is 10.1 Å². The van der Waals surface area contributed by atoms with Gasteiger partial charge in [0.1, 0.15) is 10.8 Å². The van der Waals surface area contributed by atoms with Crippen LogP contribution in [0.2, 0.25) is 0 Å². The molecule has 0 atom stereocenters. The van der Waals surface area contributed by atoms with Gasteiger partial charge < -0.3 is 4.74 Å². The average molecular weight is 331 g/mol. The molecule has 0 bridgehead atoms. The van der Waals surface area contributed by atoms with Crippen molar-refractivity contribution in [3.63, 3.8) is 0 Å². The van der Waals surface area contributed by atoms with Gasteiger partial charge in [-0.3, -0.25) is 10.1 Å². The van der Waals surface area contributed by atoms with Crippen molar-refractivity contribution < 1.29 is 22.7 Å². The van der Waals surface area contributed by atoms with Crippen molar-refractivity contribution in [3.05, 3.63) is 34.8 Å². The van der Waals surface area contributed by atoms with Gasteiger partial charge in [-0.15, -0.1) is 10.2 Å². The summed E-state index contributed by atoms with van der Waals surface area (Å²) in [4.78, 5) is 11.6. The topological polar surface area (TPSA) is 64.1 Å². The second-order valence-corrected chi connectivity index (χ2v) is 5.28. The summed E-state index contributed by atoms with van der Waals surface area (Å²) in [7, 11) is 0. The first-order valence-electron chi connectivity index (χ1n) is 6.30. The fraction of sp³-hybridized carbons (Fsp3) is 0.308. The summed E-state index contributed by atoms with van der Waals surface area (Å²) in [5.41, 5.74) is -0.773. The quantitative estimate of drug-likeness (QED) is 0.914. The van der Waals surface area contributed by atoms with Crippen LogP contribution >= 0.6 is 11.3 Å². The molecular weight excluding hydrogens is 319 g/mol. The van der Waals surface area contributed by atoms with E-state index in [4.69, 9.17) is 4.74 Å². The fourth-order valence-electron chi connectivity index (χ4n) is 1.49. The highest BCUT2D eigenvalue weighted by atomic mass is 32.1. The van der Waals surface area contributed by atoms with Gasteiger partial charge >= 0.3 is 6.18 Å². The molecule has 118 valence electrons. The second-order valence-electron chi connectivity index (χ2n) is 4.21. The number of benzene rings is 1. The summed E-state index contributed by atoms with van der Waals surface area (Å²) in [6.07, 6.45) is -3.68. The Bertz CT molecular complexity index is 641. The lowest BCUT2D eigenvalue weighted by molar-refractivity contribution is -0.137. The molecule has 0 spiro atoms. The summed E-state index contributed by atoms with van der Waals surface area (Å²) < 4.78 is 42.3. The zero-order valence-corrected chi connectivity index (χ0v) is 12.3. The highest BCUT2D eigenvalue weighted by molar-refractivity contribution is 7.15. The predicted octanol–water partition coefficient (Wildman–Crippen LogP) is 3.14. The molecule has 5 nitrogen and oxygen atoms in total. The molecule has 0 saturated heterocycles. The number of alkyl halides is 3. The van der Waals surface area contributed by atoms with Gasteiger partial charge in [0, 0.05) is 0 Å². The molecule has 2 aromatic rings. The average Bonchev–Trinajstić information content (AvgIpc) is 2.92. The van der Waals surface area contributed by atoms with Crippen molar-refractivity contribution in [1.29, 1.82) is 0 Å². The number of amides is 1. The van der Waals surface area contributed by atoms with Crippen LogP contribution in [-0.2, 0) is 17.4 Å². The summed E-state index contributed by atoms with van der Waals surface area (Å²) in [5, 5.41) is 11.3. The molecule has 9 heteroatoms. The smallest absolute Gasteiger partial charge is 0.416 e. The lowest BCUT2D eigenvalue weighted by Gasteiger charge is -2.08. The minimum Gasteiger partial charge on any atom is -0.484 e. The van der Waals surface area contributed by atoms with Crippen molar-refractivity contribution in [2.75, 3.05) is 11.9 Å². The van der Waals surface area contributed by atoms with Gasteiger partial charge in [-0.2, -0.15) is 13.2 Å². The second kappa shape index (κ2) is 6.73. The molecule has 0 fully saturated rings. The first-order chi connectivity index (χ1) is 10.4. The number of aryl methyl sites for hydroxylation is 1. The van der Waals surface area contributed by atoms with E-state index in [0.717, 1.165) is 35.7 Å². The number of aromatic nitrogens is 2. The Morgan fingerprint density at radius 3 is 2.50 bits per heavy atom. The first-order valence-corrected chi connectivity index (χ1v) is 7.12. The summed E-state index contributed by atoms with van der Waals surface area (Å²) in [6, 6.07) is 4.11. The molecule has 1 heterocycles. The highest BCUT2D eigenvalue weighted by Gasteiger charge is 2.30. The van der Waals surface area contributed by atoms with E-state index in [1.54, 1.807) is 0 Å². The molecule has 1 N–H and O–H groups in total. The number of halogens is 3. The number of carbonyl (C=O) groups is 1. The normalized spacial score (nSPS) is 11.3. The number of anilines is 1. The maximum absolute atomic E-state index is 12.4. The molecule has 0 aliphatic rings. The van der Waals surface area contributed by atoms with E-state index in [0.29, 0.717) is 5.13 Å². The fourth-order valence-corrected chi connectivity index (χ4v) is 2.19. The molecule has 1 aromatic heterocycles. The van der Waals surface area contributed by atoms with Gasteiger partial charge in [-0.05, 0) is 30.7 Å². The van der Waals surface area contributed by atoms with E-state index in [-0.39, 0.29) is 12.4 Å². The molecule has 22 heavy (non-hydrogen) atoms. The Morgan fingerprint density at radius 1 is 1.27 bits per heavy atom. The molecule has 0 aliphatic heterocycles. The maximum atomic E-state index is 12.4. The van der Waals surface area contributed by atoms with Gasteiger partial charge in [0.05, 0.1) is 5.56 Å². The Hall–Kier alpha value is -2.16. The molecule has 0 unspecified atom stereocenters. The van der Waals surface area contributed by atoms with Crippen LogP contribution in [0, 0.1) is 0 Å². The number of hydrogen-bond acceptors (Lipinski definition) is 5. The van der Waals surface area contributed by atoms with Crippen LogP contribution in [0.25, 0.3) is 0 Å². The molecule has 2 rings (SSSR count). The Labute approximate surface area is 128 Å². The lowest BCUT2D eigenvalue weighted by Crippen LogP contribution is -2.20. The zero-order chi connectivity index (χ0) is 16.2. The van der Waals surface area contributed by atoms with E-state index in [1.165, 1.54) is 11.3 Å². The minimum absolute atomic E-state index is 0.176. The number of nitrogens with zero attached hydrogens (tertiary/aromatic N) is 2. The third-order valence-electron chi connectivity index (χ3n) is 2.57. The number of hydrogen-bond donors (Lipinski definition) is 1. The third kappa shape index (κ3) is 4.42. The molecule has 1 amide bonds. The summed E-state index contributed by atoms with van der Waals surface area (Å²) in [5.74, 6) is -0.284. The largest absolute Gasteiger partial charge is 0.484 e. The van der Waals surface area contributed by atoms with E-state index in [2.05, 4.69) is 15.5 Å². The van der Waals surface area contributed by atoms with Crippen molar-refractivity contribution >= 4 is 22.4 Å². The first kappa shape index (κ1) is 16.2. The highest BCUT2D eigenvalue weighted by Crippen LogP contribution is 2.30.